The van der Waals surface area contributed by atoms with Gasteiger partial charge >= 0.3 is 5.97 Å². The summed E-state index contributed by atoms with van der Waals surface area (Å²) in [5.74, 6) is -1.28. The van der Waals surface area contributed by atoms with Crippen molar-refractivity contribution in [1.82, 2.24) is 10.9 Å². The number of halogens is 1. The van der Waals surface area contributed by atoms with Crippen LogP contribution in [0.2, 0.25) is 0 Å². The van der Waals surface area contributed by atoms with Crippen molar-refractivity contribution in [1.29, 1.82) is 0 Å². The molecule has 1 aliphatic heterocycles. The predicted molar refractivity (Wildman–Crippen MR) is 89.7 cm³/mol. The number of hydrogen-bond acceptors (Lipinski definition) is 4. The maximum absolute atomic E-state index is 12.7. The van der Waals surface area contributed by atoms with Crippen LogP contribution in [-0.2, 0) is 14.3 Å². The summed E-state index contributed by atoms with van der Waals surface area (Å²) in [4.78, 5) is 37.0. The molecule has 1 saturated heterocycles. The zero-order chi connectivity index (χ0) is 17.8. The van der Waals surface area contributed by atoms with E-state index < -0.39 is 28.2 Å². The predicted octanol–water partition coefficient (Wildman–Crippen LogP) is 2.33. The number of fused-ring (bicyclic) bond motifs is 2. The van der Waals surface area contributed by atoms with Gasteiger partial charge in [-0.2, -0.15) is 0 Å². The van der Waals surface area contributed by atoms with Gasteiger partial charge in [-0.05, 0) is 44.0 Å². The van der Waals surface area contributed by atoms with Gasteiger partial charge in [0.1, 0.15) is 0 Å². The maximum Gasteiger partial charge on any atom is 0.313 e. The molecule has 0 unspecified atom stereocenters. The van der Waals surface area contributed by atoms with E-state index in [0.29, 0.717) is 18.4 Å². The summed E-state index contributed by atoms with van der Waals surface area (Å²) in [5, 5.41) is 0. The van der Waals surface area contributed by atoms with Crippen LogP contribution in [0.15, 0.2) is 28.7 Å². The molecule has 0 aromatic heterocycles. The third kappa shape index (κ3) is 2.10. The number of rotatable bonds is 2. The van der Waals surface area contributed by atoms with Crippen LogP contribution in [0, 0.1) is 10.8 Å². The topological polar surface area (TPSA) is 84.5 Å². The molecule has 6 nitrogen and oxygen atoms in total. The largest absolute Gasteiger partial charge is 0.448 e. The van der Waals surface area contributed by atoms with Gasteiger partial charge in [-0.3, -0.25) is 25.2 Å². The first kappa shape index (κ1) is 17.0. The number of esters is 1. The van der Waals surface area contributed by atoms with Crippen molar-refractivity contribution in [3.63, 3.8) is 0 Å². The fourth-order valence-corrected chi connectivity index (χ4v) is 3.90. The number of benzene rings is 1. The standard InChI is InChI=1S/C17H19BrN2O4/c1-15(2)16(3)8-9-17(15,24-14(16)23)13(22)20-19-12(21)10-4-6-11(18)7-5-10/h4-7H,8-9H2,1-3H3,(H,19,21)(H,20,22)/t16-,17+/m0/s1. The second kappa shape index (κ2) is 5.31. The van der Waals surface area contributed by atoms with Crippen LogP contribution in [0.25, 0.3) is 0 Å². The van der Waals surface area contributed by atoms with E-state index in [9.17, 15) is 14.4 Å². The fourth-order valence-electron chi connectivity index (χ4n) is 3.64. The average molecular weight is 395 g/mol. The highest BCUT2D eigenvalue weighted by atomic mass is 79.9. The molecule has 2 N–H and O–H groups in total. The lowest BCUT2D eigenvalue weighted by atomic mass is 9.66. The number of nitrogens with one attached hydrogen (secondary N) is 2. The van der Waals surface area contributed by atoms with E-state index in [1.165, 1.54) is 0 Å². The first-order valence-corrected chi connectivity index (χ1v) is 8.53. The second-order valence-electron chi connectivity index (χ2n) is 7.09. The summed E-state index contributed by atoms with van der Waals surface area (Å²) in [5.41, 5.74) is 2.65. The Morgan fingerprint density at radius 1 is 1.08 bits per heavy atom. The summed E-state index contributed by atoms with van der Waals surface area (Å²) in [6.07, 6.45) is 1.04. The zero-order valence-corrected chi connectivity index (χ0v) is 15.3. The Morgan fingerprint density at radius 3 is 2.21 bits per heavy atom. The van der Waals surface area contributed by atoms with Crippen LogP contribution in [0.1, 0.15) is 44.0 Å². The Kier molecular flexibility index (Phi) is 3.75. The van der Waals surface area contributed by atoms with Gasteiger partial charge < -0.3 is 4.74 Å². The van der Waals surface area contributed by atoms with Gasteiger partial charge in [0.15, 0.2) is 5.60 Å². The lowest BCUT2D eigenvalue weighted by molar-refractivity contribution is -0.168. The molecule has 2 fully saturated rings. The molecule has 1 aromatic rings. The highest BCUT2D eigenvalue weighted by molar-refractivity contribution is 9.10. The van der Waals surface area contributed by atoms with E-state index in [1.54, 1.807) is 24.3 Å². The van der Waals surface area contributed by atoms with Gasteiger partial charge in [0.25, 0.3) is 11.8 Å². The van der Waals surface area contributed by atoms with Crippen molar-refractivity contribution in [3.05, 3.63) is 34.3 Å². The minimum atomic E-state index is -1.24. The first-order valence-electron chi connectivity index (χ1n) is 7.74. The molecule has 3 rings (SSSR count). The molecule has 1 aliphatic carbocycles. The normalized spacial score (nSPS) is 29.9. The van der Waals surface area contributed by atoms with Crippen LogP contribution < -0.4 is 10.9 Å². The van der Waals surface area contributed by atoms with Gasteiger partial charge in [-0.15, -0.1) is 0 Å². The number of ether oxygens (including phenoxy) is 1. The molecular weight excluding hydrogens is 376 g/mol. The molecule has 2 amide bonds. The van der Waals surface area contributed by atoms with Gasteiger partial charge in [-0.25, -0.2) is 0 Å². The number of carbonyl (C=O) groups excluding carboxylic acids is 3. The molecule has 7 heteroatoms. The summed E-state index contributed by atoms with van der Waals surface area (Å²) < 4.78 is 6.33. The van der Waals surface area contributed by atoms with Gasteiger partial charge in [-0.1, -0.05) is 29.8 Å². The molecule has 128 valence electrons. The van der Waals surface area contributed by atoms with Crippen molar-refractivity contribution in [2.45, 2.75) is 39.2 Å². The van der Waals surface area contributed by atoms with E-state index >= 15 is 0 Å². The van der Waals surface area contributed by atoms with Gasteiger partial charge in [0.2, 0.25) is 0 Å². The molecule has 1 aromatic carbocycles. The molecule has 24 heavy (non-hydrogen) atoms. The summed E-state index contributed by atoms with van der Waals surface area (Å²) in [6.45, 7) is 5.56. The van der Waals surface area contributed by atoms with E-state index in [1.807, 2.05) is 20.8 Å². The van der Waals surface area contributed by atoms with E-state index in [4.69, 9.17) is 4.74 Å². The van der Waals surface area contributed by atoms with Gasteiger partial charge in [0, 0.05) is 15.5 Å². The Labute approximate surface area is 148 Å². The summed E-state index contributed by atoms with van der Waals surface area (Å²) in [6, 6.07) is 6.74. The Hall–Kier alpha value is -1.89. The van der Waals surface area contributed by atoms with Crippen LogP contribution in [0.4, 0.5) is 0 Å². The molecule has 0 radical (unpaired) electrons. The highest BCUT2D eigenvalue weighted by Crippen LogP contribution is 2.65. The van der Waals surface area contributed by atoms with Crippen molar-refractivity contribution in [3.8, 4) is 0 Å². The van der Waals surface area contributed by atoms with Gasteiger partial charge in [0.05, 0.1) is 5.41 Å². The number of amides is 2. The van der Waals surface area contributed by atoms with Crippen LogP contribution in [0.5, 0.6) is 0 Å². The molecule has 1 saturated carbocycles. The highest BCUT2D eigenvalue weighted by Gasteiger charge is 2.75. The second-order valence-corrected chi connectivity index (χ2v) is 8.00. The lowest BCUT2D eigenvalue weighted by Gasteiger charge is -2.35. The minimum Gasteiger partial charge on any atom is -0.448 e. The molecule has 0 spiro atoms. The smallest absolute Gasteiger partial charge is 0.313 e. The van der Waals surface area contributed by atoms with Crippen molar-refractivity contribution in [2.75, 3.05) is 0 Å². The van der Waals surface area contributed by atoms with E-state index in [2.05, 4.69) is 26.8 Å². The molecule has 2 bridgehead atoms. The zero-order valence-electron chi connectivity index (χ0n) is 13.7. The first-order chi connectivity index (χ1) is 11.1. The monoisotopic (exact) mass is 394 g/mol. The molecule has 2 aliphatic rings. The third-order valence-electron chi connectivity index (χ3n) is 5.85. The minimum absolute atomic E-state index is 0.354. The van der Waals surface area contributed by atoms with Crippen molar-refractivity contribution < 1.29 is 19.1 Å². The quantitative estimate of drug-likeness (QED) is 0.595. The van der Waals surface area contributed by atoms with Crippen molar-refractivity contribution in [2.24, 2.45) is 10.8 Å². The fraction of sp³-hybridized carbons (Fsp3) is 0.471. The van der Waals surface area contributed by atoms with Crippen LogP contribution in [-0.4, -0.2) is 23.4 Å². The number of carbonyl (C=O) groups is 3. The SMILES string of the molecule is CC1(C)[C@@]2(C)CC[C@]1(C(=O)NNC(=O)c1ccc(Br)cc1)OC2=O. The Morgan fingerprint density at radius 2 is 1.71 bits per heavy atom. The van der Waals surface area contributed by atoms with E-state index in [-0.39, 0.29) is 5.97 Å². The number of hydrazine groups is 1. The maximum atomic E-state index is 12.7. The summed E-state index contributed by atoms with van der Waals surface area (Å²) >= 11 is 3.30. The molecule has 2 atom stereocenters. The Bertz CT molecular complexity index is 731. The average Bonchev–Trinajstić information content (AvgIpc) is 2.83. The van der Waals surface area contributed by atoms with Crippen LogP contribution >= 0.6 is 15.9 Å². The van der Waals surface area contributed by atoms with Crippen LogP contribution in [0.3, 0.4) is 0 Å². The molecular formula is C17H19BrN2O4. The molecule has 1 heterocycles. The Balaban J connectivity index is 1.73. The summed E-state index contributed by atoms with van der Waals surface area (Å²) in [7, 11) is 0. The lowest BCUT2D eigenvalue weighted by Crippen LogP contribution is -2.57. The van der Waals surface area contributed by atoms with Crippen molar-refractivity contribution >= 4 is 33.7 Å². The third-order valence-corrected chi connectivity index (χ3v) is 6.37. The number of hydrogen-bond donors (Lipinski definition) is 2. The van der Waals surface area contributed by atoms with E-state index in [0.717, 1.165) is 4.47 Å².